The van der Waals surface area contributed by atoms with Crippen LogP contribution in [0.25, 0.3) is 0 Å². The Labute approximate surface area is 168 Å². The van der Waals surface area contributed by atoms with Gasteiger partial charge in [-0.1, -0.05) is 11.6 Å². The number of anilines is 1. The van der Waals surface area contributed by atoms with Gasteiger partial charge in [0, 0.05) is 48.5 Å². The van der Waals surface area contributed by atoms with Crippen LogP contribution in [0.2, 0.25) is 5.02 Å². The number of aromatic nitrogens is 1. The van der Waals surface area contributed by atoms with E-state index in [9.17, 15) is 9.59 Å². The molecule has 1 aromatic heterocycles. The molecule has 0 radical (unpaired) electrons. The summed E-state index contributed by atoms with van der Waals surface area (Å²) in [5.74, 6) is -0.423. The topological polar surface area (TPSA) is 71.5 Å². The van der Waals surface area contributed by atoms with Gasteiger partial charge in [0.05, 0.1) is 17.8 Å². The van der Waals surface area contributed by atoms with E-state index in [1.807, 2.05) is 6.07 Å². The van der Waals surface area contributed by atoms with Crippen LogP contribution in [0.15, 0.2) is 48.8 Å². The van der Waals surface area contributed by atoms with Crippen LogP contribution >= 0.6 is 11.6 Å². The van der Waals surface area contributed by atoms with Gasteiger partial charge in [-0.25, -0.2) is 0 Å². The van der Waals surface area contributed by atoms with Crippen LogP contribution in [-0.2, 0) is 9.53 Å². The average Bonchev–Trinajstić information content (AvgIpc) is 3.08. The van der Waals surface area contributed by atoms with E-state index in [2.05, 4.69) is 10.3 Å². The average molecular weight is 400 g/mol. The van der Waals surface area contributed by atoms with E-state index >= 15 is 0 Å². The fourth-order valence-corrected chi connectivity index (χ4v) is 4.34. The minimum atomic E-state index is -0.284. The summed E-state index contributed by atoms with van der Waals surface area (Å²) in [5, 5.41) is 3.55. The number of hydrogen-bond donors (Lipinski definition) is 1. The van der Waals surface area contributed by atoms with Gasteiger partial charge in [-0.3, -0.25) is 14.6 Å². The Morgan fingerprint density at radius 3 is 2.61 bits per heavy atom. The smallest absolute Gasteiger partial charge is 0.253 e. The summed E-state index contributed by atoms with van der Waals surface area (Å²) in [4.78, 5) is 32.0. The Morgan fingerprint density at radius 2 is 1.93 bits per heavy atom. The molecule has 2 saturated heterocycles. The third-order valence-corrected chi connectivity index (χ3v) is 6.01. The first-order valence-electron chi connectivity index (χ1n) is 9.41. The number of likely N-dealkylation sites (tertiary alicyclic amines) is 1. The lowest BCUT2D eigenvalue weighted by Crippen LogP contribution is -2.42. The third-order valence-electron chi connectivity index (χ3n) is 5.76. The molecule has 2 aliphatic rings. The Balaban J connectivity index is 1.56. The largest absolute Gasteiger partial charge is 0.381 e. The van der Waals surface area contributed by atoms with Gasteiger partial charge in [-0.15, -0.1) is 0 Å². The maximum Gasteiger partial charge on any atom is 0.253 e. The van der Waals surface area contributed by atoms with Crippen molar-refractivity contribution in [3.63, 3.8) is 0 Å². The highest BCUT2D eigenvalue weighted by Crippen LogP contribution is 2.45. The van der Waals surface area contributed by atoms with Gasteiger partial charge >= 0.3 is 0 Å². The molecule has 1 N–H and O–H groups in total. The number of nitrogens with one attached hydrogen (secondary N) is 1. The summed E-state index contributed by atoms with van der Waals surface area (Å²) in [6.45, 7) is 2.18. The fourth-order valence-electron chi connectivity index (χ4n) is 4.21. The molecule has 28 heavy (non-hydrogen) atoms. The molecular weight excluding hydrogens is 378 g/mol. The summed E-state index contributed by atoms with van der Waals surface area (Å²) >= 11 is 5.94. The van der Waals surface area contributed by atoms with E-state index in [-0.39, 0.29) is 23.1 Å². The lowest BCUT2D eigenvalue weighted by atomic mass is 9.71. The SMILES string of the molecule is O=C(Nc1cccnc1)C1CN(C(=O)c2ccc(Cl)cc2)CC12CCOCC2. The van der Waals surface area contributed by atoms with Gasteiger partial charge < -0.3 is 15.0 Å². The second-order valence-corrected chi connectivity index (χ2v) is 7.89. The quantitative estimate of drug-likeness (QED) is 0.860. The van der Waals surface area contributed by atoms with Crippen molar-refractivity contribution in [1.82, 2.24) is 9.88 Å². The Kier molecular flexibility index (Phi) is 5.33. The molecule has 4 rings (SSSR count). The summed E-state index contributed by atoms with van der Waals surface area (Å²) in [7, 11) is 0. The molecule has 7 heteroatoms. The number of ether oxygens (including phenoxy) is 1. The first-order valence-corrected chi connectivity index (χ1v) is 9.79. The predicted molar refractivity (Wildman–Crippen MR) is 106 cm³/mol. The first-order chi connectivity index (χ1) is 13.6. The molecule has 1 unspecified atom stereocenters. The number of hydrogen-bond acceptors (Lipinski definition) is 4. The van der Waals surface area contributed by atoms with Crippen molar-refractivity contribution in [3.8, 4) is 0 Å². The molecule has 1 atom stereocenters. The molecular formula is C21H22ClN3O3. The standard InChI is InChI=1S/C21H22ClN3O3/c22-16-5-3-15(4-6-16)20(27)25-13-18(21(14-25)7-10-28-11-8-21)19(26)24-17-2-1-9-23-12-17/h1-6,9,12,18H,7-8,10-11,13-14H2,(H,24,26). The molecule has 0 aliphatic carbocycles. The van der Waals surface area contributed by atoms with Crippen molar-refractivity contribution in [3.05, 3.63) is 59.4 Å². The van der Waals surface area contributed by atoms with Gasteiger partial charge in [0.2, 0.25) is 5.91 Å². The minimum absolute atomic E-state index is 0.0682. The Bertz CT molecular complexity index is 851. The van der Waals surface area contributed by atoms with Crippen LogP contribution in [0.3, 0.4) is 0 Å². The predicted octanol–water partition coefficient (Wildman–Crippen LogP) is 3.24. The molecule has 0 bridgehead atoms. The second-order valence-electron chi connectivity index (χ2n) is 7.45. The zero-order valence-electron chi connectivity index (χ0n) is 15.4. The molecule has 1 spiro atoms. The van der Waals surface area contributed by atoms with E-state index in [4.69, 9.17) is 16.3 Å². The molecule has 3 heterocycles. The number of carbonyl (C=O) groups is 2. The van der Waals surface area contributed by atoms with Crippen molar-refractivity contribution < 1.29 is 14.3 Å². The number of amides is 2. The van der Waals surface area contributed by atoms with E-state index < -0.39 is 0 Å². The Hall–Kier alpha value is -2.44. The first kappa shape index (κ1) is 18.9. The molecule has 2 aliphatic heterocycles. The van der Waals surface area contributed by atoms with Crippen molar-refractivity contribution in [2.24, 2.45) is 11.3 Å². The number of pyridine rings is 1. The van der Waals surface area contributed by atoms with Crippen LogP contribution in [0.5, 0.6) is 0 Å². The molecule has 0 saturated carbocycles. The lowest BCUT2D eigenvalue weighted by molar-refractivity contribution is -0.124. The van der Waals surface area contributed by atoms with Crippen molar-refractivity contribution in [2.75, 3.05) is 31.6 Å². The summed E-state index contributed by atoms with van der Waals surface area (Å²) in [5.41, 5.74) is 0.990. The summed E-state index contributed by atoms with van der Waals surface area (Å²) in [6.07, 6.45) is 4.82. The van der Waals surface area contributed by atoms with E-state index in [1.54, 1.807) is 47.6 Å². The molecule has 2 fully saturated rings. The van der Waals surface area contributed by atoms with Crippen molar-refractivity contribution in [2.45, 2.75) is 12.8 Å². The number of carbonyl (C=O) groups excluding carboxylic acids is 2. The van der Waals surface area contributed by atoms with Gasteiger partial charge in [0.1, 0.15) is 0 Å². The van der Waals surface area contributed by atoms with Crippen LogP contribution in [0.1, 0.15) is 23.2 Å². The molecule has 146 valence electrons. The maximum atomic E-state index is 13.1. The van der Waals surface area contributed by atoms with Crippen LogP contribution < -0.4 is 5.32 Å². The van der Waals surface area contributed by atoms with Gasteiger partial charge in [0.25, 0.3) is 5.91 Å². The van der Waals surface area contributed by atoms with Gasteiger partial charge in [0.15, 0.2) is 0 Å². The number of halogens is 1. The van der Waals surface area contributed by atoms with Gasteiger partial charge in [-0.05, 0) is 49.2 Å². The normalized spacial score (nSPS) is 20.9. The number of benzene rings is 1. The zero-order valence-corrected chi connectivity index (χ0v) is 16.2. The monoisotopic (exact) mass is 399 g/mol. The van der Waals surface area contributed by atoms with Crippen LogP contribution in [0.4, 0.5) is 5.69 Å². The molecule has 1 aromatic carbocycles. The van der Waals surface area contributed by atoms with Crippen molar-refractivity contribution >= 4 is 29.1 Å². The van der Waals surface area contributed by atoms with Crippen LogP contribution in [-0.4, -0.2) is 48.0 Å². The molecule has 2 amide bonds. The van der Waals surface area contributed by atoms with E-state index in [1.165, 1.54) is 0 Å². The third kappa shape index (κ3) is 3.75. The summed E-state index contributed by atoms with van der Waals surface area (Å²) < 4.78 is 5.54. The van der Waals surface area contributed by atoms with Gasteiger partial charge in [-0.2, -0.15) is 0 Å². The fraction of sp³-hybridized carbons (Fsp3) is 0.381. The molecule has 6 nitrogen and oxygen atoms in total. The Morgan fingerprint density at radius 1 is 1.18 bits per heavy atom. The molecule has 2 aromatic rings. The van der Waals surface area contributed by atoms with Crippen molar-refractivity contribution in [1.29, 1.82) is 0 Å². The zero-order chi connectivity index (χ0) is 19.6. The van der Waals surface area contributed by atoms with E-state index in [0.717, 1.165) is 12.8 Å². The van der Waals surface area contributed by atoms with E-state index in [0.29, 0.717) is 42.6 Å². The maximum absolute atomic E-state index is 13.1. The highest BCUT2D eigenvalue weighted by Gasteiger charge is 2.51. The number of rotatable bonds is 3. The highest BCUT2D eigenvalue weighted by atomic mass is 35.5. The number of nitrogens with zero attached hydrogens (tertiary/aromatic N) is 2. The van der Waals surface area contributed by atoms with Crippen LogP contribution in [0, 0.1) is 11.3 Å². The second kappa shape index (κ2) is 7.89. The lowest BCUT2D eigenvalue weighted by Gasteiger charge is -2.37. The minimum Gasteiger partial charge on any atom is -0.381 e. The summed E-state index contributed by atoms with van der Waals surface area (Å²) in [6, 6.07) is 10.5. The highest BCUT2D eigenvalue weighted by molar-refractivity contribution is 6.30.